The lowest BCUT2D eigenvalue weighted by molar-refractivity contribution is -0.385. The lowest BCUT2D eigenvalue weighted by atomic mass is 10.1. The minimum atomic E-state index is -0.520. The van der Waals surface area contributed by atoms with Crippen molar-refractivity contribution in [1.82, 2.24) is 4.90 Å². The summed E-state index contributed by atoms with van der Waals surface area (Å²) in [6.45, 7) is 4.11. The molecule has 1 amide bonds. The molecule has 1 aliphatic rings. The Morgan fingerprint density at radius 2 is 2.15 bits per heavy atom. The zero-order chi connectivity index (χ0) is 14.5. The van der Waals surface area contributed by atoms with Gasteiger partial charge in [-0.05, 0) is 13.0 Å². The average molecular weight is 280 g/mol. The first-order chi connectivity index (χ1) is 9.63. The molecule has 0 atom stereocenters. The highest BCUT2D eigenvalue weighted by Gasteiger charge is 2.22. The molecule has 2 rings (SSSR count). The predicted molar refractivity (Wildman–Crippen MR) is 71.0 cm³/mol. The van der Waals surface area contributed by atoms with Crippen molar-refractivity contribution >= 4 is 11.6 Å². The van der Waals surface area contributed by atoms with Gasteiger partial charge in [-0.3, -0.25) is 14.9 Å². The molecule has 1 saturated heterocycles. The van der Waals surface area contributed by atoms with Gasteiger partial charge in [0.15, 0.2) is 5.75 Å². The van der Waals surface area contributed by atoms with E-state index in [2.05, 4.69) is 0 Å². The molecule has 1 fully saturated rings. The van der Waals surface area contributed by atoms with Gasteiger partial charge in [0.2, 0.25) is 0 Å². The van der Waals surface area contributed by atoms with Crippen LogP contribution in [0, 0.1) is 10.1 Å². The number of carbonyl (C=O) groups is 1. The molecule has 0 aromatic heterocycles. The van der Waals surface area contributed by atoms with Crippen LogP contribution in [0.1, 0.15) is 17.3 Å². The maximum Gasteiger partial charge on any atom is 0.310 e. The number of rotatable bonds is 4. The molecule has 1 heterocycles. The maximum atomic E-state index is 12.3. The standard InChI is InChI=1S/C13H16N2O5/c1-2-20-12-9-10(3-4-11(12)15(17)18)13(16)14-5-7-19-8-6-14/h3-4,9H,2,5-8H2,1H3. The van der Waals surface area contributed by atoms with Gasteiger partial charge in [-0.15, -0.1) is 0 Å². The first-order valence-corrected chi connectivity index (χ1v) is 6.41. The molecule has 0 N–H and O–H groups in total. The molecule has 0 saturated carbocycles. The average Bonchev–Trinajstić information content (AvgIpc) is 2.47. The van der Waals surface area contributed by atoms with Gasteiger partial charge in [-0.2, -0.15) is 0 Å². The number of amides is 1. The first kappa shape index (κ1) is 14.3. The van der Waals surface area contributed by atoms with Crippen LogP contribution in [0.4, 0.5) is 5.69 Å². The molecule has 0 radical (unpaired) electrons. The summed E-state index contributed by atoms with van der Waals surface area (Å²) in [5.74, 6) is -0.0410. The Bertz CT molecular complexity index is 511. The second-order valence-electron chi connectivity index (χ2n) is 4.28. The van der Waals surface area contributed by atoms with Crippen molar-refractivity contribution < 1.29 is 19.2 Å². The maximum absolute atomic E-state index is 12.3. The van der Waals surface area contributed by atoms with Gasteiger partial charge in [0.25, 0.3) is 5.91 Å². The van der Waals surface area contributed by atoms with Crippen LogP contribution in [0.15, 0.2) is 18.2 Å². The number of carbonyl (C=O) groups excluding carboxylic acids is 1. The zero-order valence-electron chi connectivity index (χ0n) is 11.2. The number of nitrogens with zero attached hydrogens (tertiary/aromatic N) is 2. The second-order valence-corrected chi connectivity index (χ2v) is 4.28. The number of hydrogen-bond donors (Lipinski definition) is 0. The van der Waals surface area contributed by atoms with Crippen LogP contribution in [0.5, 0.6) is 5.75 Å². The predicted octanol–water partition coefficient (Wildman–Crippen LogP) is 1.47. The van der Waals surface area contributed by atoms with Crippen LogP contribution in [0.25, 0.3) is 0 Å². The quantitative estimate of drug-likeness (QED) is 0.616. The molecule has 20 heavy (non-hydrogen) atoms. The lowest BCUT2D eigenvalue weighted by Gasteiger charge is -2.26. The lowest BCUT2D eigenvalue weighted by Crippen LogP contribution is -2.40. The Kier molecular flexibility index (Phi) is 4.52. The van der Waals surface area contributed by atoms with Crippen molar-refractivity contribution in [3.8, 4) is 5.75 Å². The summed E-state index contributed by atoms with van der Waals surface area (Å²) >= 11 is 0. The number of ether oxygens (including phenoxy) is 2. The van der Waals surface area contributed by atoms with E-state index in [0.717, 1.165) is 0 Å². The van der Waals surface area contributed by atoms with E-state index in [1.54, 1.807) is 11.8 Å². The van der Waals surface area contributed by atoms with Gasteiger partial charge >= 0.3 is 5.69 Å². The van der Waals surface area contributed by atoms with E-state index >= 15 is 0 Å². The molecule has 1 aromatic rings. The van der Waals surface area contributed by atoms with Crippen LogP contribution in [-0.2, 0) is 4.74 Å². The van der Waals surface area contributed by atoms with Crippen molar-refractivity contribution in [1.29, 1.82) is 0 Å². The van der Waals surface area contributed by atoms with E-state index in [1.165, 1.54) is 18.2 Å². The van der Waals surface area contributed by atoms with Gasteiger partial charge in [0.1, 0.15) is 0 Å². The van der Waals surface area contributed by atoms with Gasteiger partial charge in [0, 0.05) is 30.8 Å². The van der Waals surface area contributed by atoms with Crippen LogP contribution in [-0.4, -0.2) is 48.6 Å². The summed E-state index contributed by atoms with van der Waals surface area (Å²) in [4.78, 5) is 24.3. The highest BCUT2D eigenvalue weighted by atomic mass is 16.6. The SMILES string of the molecule is CCOc1cc(C(=O)N2CCOCC2)ccc1[N+](=O)[O-]. The molecular weight excluding hydrogens is 264 g/mol. The Morgan fingerprint density at radius 3 is 2.75 bits per heavy atom. The largest absolute Gasteiger partial charge is 0.487 e. The summed E-state index contributed by atoms with van der Waals surface area (Å²) < 4.78 is 10.4. The Balaban J connectivity index is 2.25. The summed E-state index contributed by atoms with van der Waals surface area (Å²) in [5.41, 5.74) is 0.256. The molecule has 0 bridgehead atoms. The van der Waals surface area contributed by atoms with E-state index in [4.69, 9.17) is 9.47 Å². The van der Waals surface area contributed by atoms with Crippen LogP contribution < -0.4 is 4.74 Å². The highest BCUT2D eigenvalue weighted by molar-refractivity contribution is 5.95. The molecule has 7 heteroatoms. The molecule has 0 spiro atoms. The van der Waals surface area contributed by atoms with Gasteiger partial charge in [0.05, 0.1) is 24.7 Å². The van der Waals surface area contributed by atoms with E-state index in [0.29, 0.717) is 38.5 Å². The fourth-order valence-electron chi connectivity index (χ4n) is 2.02. The molecule has 7 nitrogen and oxygen atoms in total. The van der Waals surface area contributed by atoms with E-state index in [9.17, 15) is 14.9 Å². The third kappa shape index (κ3) is 3.05. The van der Waals surface area contributed by atoms with Crippen LogP contribution >= 0.6 is 0 Å². The Morgan fingerprint density at radius 1 is 1.45 bits per heavy atom. The van der Waals surface area contributed by atoms with Crippen molar-refractivity contribution in [2.45, 2.75) is 6.92 Å². The number of morpholine rings is 1. The number of hydrogen-bond acceptors (Lipinski definition) is 5. The summed E-state index contributed by atoms with van der Waals surface area (Å²) in [6.07, 6.45) is 0. The molecule has 1 aromatic carbocycles. The highest BCUT2D eigenvalue weighted by Crippen LogP contribution is 2.28. The summed E-state index contributed by atoms with van der Waals surface area (Å²) in [6, 6.07) is 4.19. The zero-order valence-corrected chi connectivity index (χ0v) is 11.2. The van der Waals surface area contributed by atoms with Gasteiger partial charge in [-0.25, -0.2) is 0 Å². The fraction of sp³-hybridized carbons (Fsp3) is 0.462. The second kappa shape index (κ2) is 6.33. The summed E-state index contributed by atoms with van der Waals surface area (Å²) in [7, 11) is 0. The minimum Gasteiger partial charge on any atom is -0.487 e. The fourth-order valence-corrected chi connectivity index (χ4v) is 2.02. The monoisotopic (exact) mass is 280 g/mol. The van der Waals surface area contributed by atoms with E-state index in [1.807, 2.05) is 0 Å². The van der Waals surface area contributed by atoms with E-state index < -0.39 is 4.92 Å². The van der Waals surface area contributed by atoms with Crippen molar-refractivity contribution in [2.75, 3.05) is 32.9 Å². The first-order valence-electron chi connectivity index (χ1n) is 6.41. The van der Waals surface area contributed by atoms with Crippen molar-refractivity contribution in [3.05, 3.63) is 33.9 Å². The van der Waals surface area contributed by atoms with E-state index in [-0.39, 0.29) is 17.3 Å². The Hall–Kier alpha value is -2.15. The topological polar surface area (TPSA) is 81.9 Å². The summed E-state index contributed by atoms with van der Waals surface area (Å²) in [5, 5.41) is 10.9. The van der Waals surface area contributed by atoms with Crippen molar-refractivity contribution in [2.24, 2.45) is 0 Å². The number of nitro benzene ring substituents is 1. The van der Waals surface area contributed by atoms with Crippen LogP contribution in [0.2, 0.25) is 0 Å². The molecule has 108 valence electrons. The Labute approximate surface area is 116 Å². The number of nitro groups is 1. The molecular formula is C13H16N2O5. The minimum absolute atomic E-state index is 0.122. The third-order valence-corrected chi connectivity index (χ3v) is 3.00. The smallest absolute Gasteiger partial charge is 0.310 e. The normalized spacial score (nSPS) is 14.9. The van der Waals surface area contributed by atoms with Gasteiger partial charge in [-0.1, -0.05) is 0 Å². The van der Waals surface area contributed by atoms with Crippen LogP contribution in [0.3, 0.4) is 0 Å². The van der Waals surface area contributed by atoms with Gasteiger partial charge < -0.3 is 14.4 Å². The number of benzene rings is 1. The molecule has 0 aliphatic carbocycles. The molecule has 0 unspecified atom stereocenters. The van der Waals surface area contributed by atoms with Crippen molar-refractivity contribution in [3.63, 3.8) is 0 Å². The third-order valence-electron chi connectivity index (χ3n) is 3.00. The molecule has 1 aliphatic heterocycles.